The molecule has 1 aromatic heterocycles. The van der Waals surface area contributed by atoms with E-state index in [2.05, 4.69) is 41.5 Å². The zero-order chi connectivity index (χ0) is 13.3. The number of ether oxygens (including phenoxy) is 1. The quantitative estimate of drug-likeness (QED) is 0.916. The van der Waals surface area contributed by atoms with Gasteiger partial charge in [-0.05, 0) is 44.5 Å². The van der Waals surface area contributed by atoms with E-state index in [1.807, 2.05) is 19.3 Å². The minimum Gasteiger partial charge on any atom is -0.373 e. The fraction of sp³-hybridized carbons (Fsp3) is 0.438. The molecule has 1 saturated heterocycles. The van der Waals surface area contributed by atoms with Crippen LogP contribution in [0.1, 0.15) is 31.4 Å². The number of aromatic nitrogens is 1. The summed E-state index contributed by atoms with van der Waals surface area (Å²) >= 11 is 0. The molecule has 1 aliphatic heterocycles. The van der Waals surface area contributed by atoms with E-state index in [1.54, 1.807) is 0 Å². The number of nitrogens with one attached hydrogen (secondary N) is 1. The SMILES string of the molecule is CNC(c1cccc2ncccc12)C1(C)CCCO1. The van der Waals surface area contributed by atoms with Crippen LogP contribution in [-0.2, 0) is 4.74 Å². The van der Waals surface area contributed by atoms with Crippen molar-refractivity contribution in [3.8, 4) is 0 Å². The second-order valence-corrected chi connectivity index (χ2v) is 5.40. The first-order chi connectivity index (χ1) is 9.24. The van der Waals surface area contributed by atoms with Crippen molar-refractivity contribution in [2.75, 3.05) is 13.7 Å². The standard InChI is InChI=1S/C16H20N2O/c1-16(9-5-11-19-16)15(17-2)13-6-3-8-14-12(13)7-4-10-18-14/h3-4,6-8,10,15,17H,5,9,11H2,1-2H3. The topological polar surface area (TPSA) is 34.2 Å². The molecular formula is C16H20N2O. The van der Waals surface area contributed by atoms with Gasteiger partial charge in [-0.25, -0.2) is 0 Å². The third kappa shape index (κ3) is 2.13. The summed E-state index contributed by atoms with van der Waals surface area (Å²) in [4.78, 5) is 4.44. The summed E-state index contributed by atoms with van der Waals surface area (Å²) in [6.45, 7) is 3.06. The van der Waals surface area contributed by atoms with E-state index in [0.717, 1.165) is 25.0 Å². The van der Waals surface area contributed by atoms with E-state index in [4.69, 9.17) is 4.74 Å². The van der Waals surface area contributed by atoms with Gasteiger partial charge < -0.3 is 10.1 Å². The number of hydrogen-bond acceptors (Lipinski definition) is 3. The molecule has 0 bridgehead atoms. The lowest BCUT2D eigenvalue weighted by atomic mass is 9.86. The number of pyridine rings is 1. The van der Waals surface area contributed by atoms with Gasteiger partial charge in [-0.2, -0.15) is 0 Å². The maximum absolute atomic E-state index is 6.01. The van der Waals surface area contributed by atoms with Gasteiger partial charge in [0.15, 0.2) is 0 Å². The minimum atomic E-state index is -0.126. The Balaban J connectivity index is 2.11. The molecule has 0 spiro atoms. The van der Waals surface area contributed by atoms with Gasteiger partial charge in [-0.15, -0.1) is 0 Å². The molecule has 3 nitrogen and oxygen atoms in total. The summed E-state index contributed by atoms with van der Waals surface area (Å²) < 4.78 is 6.01. The summed E-state index contributed by atoms with van der Waals surface area (Å²) in [6, 6.07) is 10.6. The van der Waals surface area contributed by atoms with Crippen LogP contribution < -0.4 is 5.32 Å². The molecule has 3 heteroatoms. The number of benzene rings is 1. The predicted molar refractivity (Wildman–Crippen MR) is 77.1 cm³/mol. The summed E-state index contributed by atoms with van der Waals surface area (Å²) in [7, 11) is 2.01. The van der Waals surface area contributed by atoms with Crippen LogP contribution in [0.3, 0.4) is 0 Å². The molecule has 1 fully saturated rings. The highest BCUT2D eigenvalue weighted by atomic mass is 16.5. The van der Waals surface area contributed by atoms with Crippen molar-refractivity contribution in [3.63, 3.8) is 0 Å². The first-order valence-corrected chi connectivity index (χ1v) is 6.89. The van der Waals surface area contributed by atoms with Crippen LogP contribution in [0.2, 0.25) is 0 Å². The Hall–Kier alpha value is -1.45. The zero-order valence-electron chi connectivity index (χ0n) is 11.5. The largest absolute Gasteiger partial charge is 0.373 e. The molecule has 100 valence electrons. The minimum absolute atomic E-state index is 0.126. The van der Waals surface area contributed by atoms with Crippen molar-refractivity contribution in [3.05, 3.63) is 42.1 Å². The second kappa shape index (κ2) is 4.91. The Labute approximate surface area is 114 Å². The van der Waals surface area contributed by atoms with Crippen LogP contribution in [0.15, 0.2) is 36.5 Å². The second-order valence-electron chi connectivity index (χ2n) is 5.40. The maximum atomic E-state index is 6.01. The molecule has 0 amide bonds. The Morgan fingerprint density at radius 2 is 2.21 bits per heavy atom. The lowest BCUT2D eigenvalue weighted by Crippen LogP contribution is -2.39. The van der Waals surface area contributed by atoms with E-state index >= 15 is 0 Å². The normalized spacial score (nSPS) is 24.7. The van der Waals surface area contributed by atoms with E-state index < -0.39 is 0 Å². The Morgan fingerprint density at radius 3 is 2.95 bits per heavy atom. The third-order valence-electron chi connectivity index (χ3n) is 4.14. The molecule has 0 radical (unpaired) electrons. The van der Waals surface area contributed by atoms with Gasteiger partial charge in [-0.3, -0.25) is 4.98 Å². The van der Waals surface area contributed by atoms with Crippen molar-refractivity contribution in [1.29, 1.82) is 0 Å². The van der Waals surface area contributed by atoms with E-state index in [1.165, 1.54) is 10.9 Å². The first-order valence-electron chi connectivity index (χ1n) is 6.89. The van der Waals surface area contributed by atoms with E-state index in [9.17, 15) is 0 Å². The van der Waals surface area contributed by atoms with Gasteiger partial charge >= 0.3 is 0 Å². The van der Waals surface area contributed by atoms with Crippen molar-refractivity contribution in [2.24, 2.45) is 0 Å². The van der Waals surface area contributed by atoms with Crippen LogP contribution in [0.4, 0.5) is 0 Å². The number of fused-ring (bicyclic) bond motifs is 1. The highest BCUT2D eigenvalue weighted by Gasteiger charge is 2.39. The molecule has 3 rings (SSSR count). The Bertz CT molecular complexity index is 570. The Morgan fingerprint density at radius 1 is 1.32 bits per heavy atom. The maximum Gasteiger partial charge on any atom is 0.0849 e. The van der Waals surface area contributed by atoms with E-state index in [0.29, 0.717) is 0 Å². The fourth-order valence-corrected chi connectivity index (χ4v) is 3.20. The summed E-state index contributed by atoms with van der Waals surface area (Å²) in [6.07, 6.45) is 4.07. The van der Waals surface area contributed by atoms with Crippen LogP contribution >= 0.6 is 0 Å². The molecule has 19 heavy (non-hydrogen) atoms. The molecule has 2 heterocycles. The first kappa shape index (κ1) is 12.6. The van der Waals surface area contributed by atoms with Crippen molar-refractivity contribution < 1.29 is 4.74 Å². The lowest BCUT2D eigenvalue weighted by molar-refractivity contribution is -0.0101. The van der Waals surface area contributed by atoms with Gasteiger partial charge in [0.1, 0.15) is 0 Å². The van der Waals surface area contributed by atoms with E-state index in [-0.39, 0.29) is 11.6 Å². The lowest BCUT2D eigenvalue weighted by Gasteiger charge is -2.34. The summed E-state index contributed by atoms with van der Waals surface area (Å²) in [5.74, 6) is 0. The molecule has 2 unspecified atom stereocenters. The fourth-order valence-electron chi connectivity index (χ4n) is 3.20. The van der Waals surface area contributed by atoms with Gasteiger partial charge in [0, 0.05) is 18.2 Å². The van der Waals surface area contributed by atoms with Crippen LogP contribution in [0.25, 0.3) is 10.9 Å². The highest BCUT2D eigenvalue weighted by molar-refractivity contribution is 5.82. The smallest absolute Gasteiger partial charge is 0.0849 e. The summed E-state index contributed by atoms with van der Waals surface area (Å²) in [5.41, 5.74) is 2.19. The molecule has 1 N–H and O–H groups in total. The molecular weight excluding hydrogens is 236 g/mol. The average Bonchev–Trinajstić information content (AvgIpc) is 2.87. The van der Waals surface area contributed by atoms with Gasteiger partial charge in [0.05, 0.1) is 17.2 Å². The van der Waals surface area contributed by atoms with Crippen LogP contribution in [-0.4, -0.2) is 24.2 Å². The van der Waals surface area contributed by atoms with Gasteiger partial charge in [0.25, 0.3) is 0 Å². The van der Waals surface area contributed by atoms with Crippen LogP contribution in [0.5, 0.6) is 0 Å². The predicted octanol–water partition coefficient (Wildman–Crippen LogP) is 3.06. The number of rotatable bonds is 3. The molecule has 2 aromatic rings. The average molecular weight is 256 g/mol. The monoisotopic (exact) mass is 256 g/mol. The van der Waals surface area contributed by atoms with Gasteiger partial charge in [0.2, 0.25) is 0 Å². The van der Waals surface area contributed by atoms with Crippen molar-refractivity contribution in [1.82, 2.24) is 10.3 Å². The molecule has 0 aliphatic carbocycles. The highest BCUT2D eigenvalue weighted by Crippen LogP contribution is 2.39. The van der Waals surface area contributed by atoms with Crippen molar-refractivity contribution in [2.45, 2.75) is 31.4 Å². The Kier molecular flexibility index (Phi) is 3.25. The zero-order valence-corrected chi connectivity index (χ0v) is 11.5. The molecule has 1 aromatic carbocycles. The van der Waals surface area contributed by atoms with Crippen LogP contribution in [0, 0.1) is 0 Å². The number of hydrogen-bond donors (Lipinski definition) is 1. The molecule has 2 atom stereocenters. The number of likely N-dealkylation sites (N-methyl/N-ethyl adjacent to an activating group) is 1. The van der Waals surface area contributed by atoms with Crippen molar-refractivity contribution >= 4 is 10.9 Å². The third-order valence-corrected chi connectivity index (χ3v) is 4.14. The molecule has 1 aliphatic rings. The molecule has 0 saturated carbocycles. The number of nitrogens with zero attached hydrogens (tertiary/aromatic N) is 1. The van der Waals surface area contributed by atoms with Gasteiger partial charge in [-0.1, -0.05) is 18.2 Å². The summed E-state index contributed by atoms with van der Waals surface area (Å²) in [5, 5.41) is 4.65.